The van der Waals surface area contributed by atoms with E-state index in [1.807, 2.05) is 32.0 Å². The molecule has 2 rings (SSSR count). The molecule has 1 fully saturated rings. The van der Waals surface area contributed by atoms with Crippen molar-refractivity contribution in [3.05, 3.63) is 23.8 Å². The summed E-state index contributed by atoms with van der Waals surface area (Å²) < 4.78 is 10.7. The molecule has 162 valence electrons. The fourth-order valence-corrected chi connectivity index (χ4v) is 3.39. The molecule has 8 nitrogen and oxygen atoms in total. The van der Waals surface area contributed by atoms with Crippen molar-refractivity contribution < 1.29 is 14.3 Å². The van der Waals surface area contributed by atoms with Gasteiger partial charge in [-0.3, -0.25) is 14.7 Å². The number of hydrogen-bond donors (Lipinski definition) is 3. The summed E-state index contributed by atoms with van der Waals surface area (Å²) in [6.07, 6.45) is 1.46. The van der Waals surface area contributed by atoms with E-state index in [4.69, 9.17) is 9.47 Å². The number of benzene rings is 1. The highest BCUT2D eigenvalue weighted by atomic mass is 16.5. The van der Waals surface area contributed by atoms with Gasteiger partial charge >= 0.3 is 0 Å². The molecule has 1 atom stereocenters. The van der Waals surface area contributed by atoms with Gasteiger partial charge in [0.05, 0.1) is 14.2 Å². The van der Waals surface area contributed by atoms with Gasteiger partial charge in [0, 0.05) is 57.8 Å². The number of nitrogens with zero attached hydrogens (tertiary/aromatic N) is 2. The van der Waals surface area contributed by atoms with Gasteiger partial charge in [-0.1, -0.05) is 0 Å². The van der Waals surface area contributed by atoms with E-state index in [0.29, 0.717) is 19.0 Å². The highest BCUT2D eigenvalue weighted by Crippen LogP contribution is 2.24. The Morgan fingerprint density at radius 2 is 1.93 bits per heavy atom. The van der Waals surface area contributed by atoms with Crippen LogP contribution >= 0.6 is 0 Å². The minimum atomic E-state index is 0.0451. The Hall–Kier alpha value is -2.48. The Bertz CT molecular complexity index is 671. The number of methoxy groups -OCH3 is 2. The minimum absolute atomic E-state index is 0.0451. The Balaban J connectivity index is 1.79. The van der Waals surface area contributed by atoms with Gasteiger partial charge in [-0.15, -0.1) is 0 Å². The predicted molar refractivity (Wildman–Crippen MR) is 116 cm³/mol. The first-order valence-corrected chi connectivity index (χ1v) is 10.1. The second kappa shape index (κ2) is 11.5. The summed E-state index contributed by atoms with van der Waals surface area (Å²) in [6, 6.07) is 6.46. The lowest BCUT2D eigenvalue weighted by Crippen LogP contribution is -2.45. The maximum atomic E-state index is 11.7. The third-order valence-corrected chi connectivity index (χ3v) is 4.75. The van der Waals surface area contributed by atoms with E-state index in [1.165, 1.54) is 5.56 Å². The zero-order valence-corrected chi connectivity index (χ0v) is 18.2. The summed E-state index contributed by atoms with van der Waals surface area (Å²) in [6.45, 7) is 7.24. The molecule has 1 aliphatic rings. The number of likely N-dealkylation sites (tertiary alicyclic amines) is 1. The highest BCUT2D eigenvalue weighted by Gasteiger charge is 2.23. The van der Waals surface area contributed by atoms with Gasteiger partial charge in [0.1, 0.15) is 11.5 Å². The van der Waals surface area contributed by atoms with Crippen LogP contribution in [0.2, 0.25) is 0 Å². The average molecular weight is 406 g/mol. The highest BCUT2D eigenvalue weighted by molar-refractivity contribution is 5.81. The van der Waals surface area contributed by atoms with Crippen LogP contribution in [0.5, 0.6) is 11.5 Å². The molecule has 0 aromatic heterocycles. The number of carbonyl (C=O) groups excluding carboxylic acids is 1. The van der Waals surface area contributed by atoms with Gasteiger partial charge < -0.3 is 25.4 Å². The monoisotopic (exact) mass is 405 g/mol. The smallest absolute Gasteiger partial charge is 0.221 e. The number of rotatable bonds is 9. The number of ether oxygens (including phenoxy) is 2. The first-order chi connectivity index (χ1) is 13.9. The Labute approximate surface area is 174 Å². The summed E-state index contributed by atoms with van der Waals surface area (Å²) in [5, 5.41) is 9.57. The fraction of sp³-hybridized carbons (Fsp3) is 0.619. The first kappa shape index (κ1) is 22.8. The van der Waals surface area contributed by atoms with E-state index in [9.17, 15) is 4.79 Å². The molecule has 1 unspecified atom stereocenters. The standard InChI is InChI=1S/C21H35N5O3/c1-15(2)24-20(27)6-8-23-21(22-3)25-17-7-9-26(14-17)13-16-10-18(28-4)12-19(11-16)29-5/h10-12,15,17H,6-9,13-14H2,1-5H3,(H,24,27)(H2,22,23,25). The molecule has 8 heteroatoms. The quantitative estimate of drug-likeness (QED) is 0.425. The van der Waals surface area contributed by atoms with E-state index in [1.54, 1.807) is 21.3 Å². The molecule has 1 aromatic carbocycles. The van der Waals surface area contributed by atoms with E-state index in [0.717, 1.165) is 43.5 Å². The lowest BCUT2D eigenvalue weighted by molar-refractivity contribution is -0.121. The van der Waals surface area contributed by atoms with E-state index >= 15 is 0 Å². The second-order valence-electron chi connectivity index (χ2n) is 7.56. The number of carbonyl (C=O) groups is 1. The molecular formula is C21H35N5O3. The van der Waals surface area contributed by atoms with Crippen molar-refractivity contribution >= 4 is 11.9 Å². The molecule has 0 spiro atoms. The molecular weight excluding hydrogens is 370 g/mol. The van der Waals surface area contributed by atoms with Crippen LogP contribution in [0, 0.1) is 0 Å². The van der Waals surface area contributed by atoms with Crippen LogP contribution in [0.25, 0.3) is 0 Å². The van der Waals surface area contributed by atoms with Crippen molar-refractivity contribution in [3.63, 3.8) is 0 Å². The zero-order chi connectivity index (χ0) is 21.2. The number of amides is 1. The minimum Gasteiger partial charge on any atom is -0.497 e. The summed E-state index contributed by atoms with van der Waals surface area (Å²) in [4.78, 5) is 18.4. The van der Waals surface area contributed by atoms with Crippen molar-refractivity contribution in [2.75, 3.05) is 40.9 Å². The number of aliphatic imine (C=N–C) groups is 1. The van der Waals surface area contributed by atoms with Crippen molar-refractivity contribution in [3.8, 4) is 11.5 Å². The molecule has 3 N–H and O–H groups in total. The topological polar surface area (TPSA) is 87.2 Å². The van der Waals surface area contributed by atoms with Crippen LogP contribution in [-0.4, -0.2) is 69.8 Å². The lowest BCUT2D eigenvalue weighted by atomic mass is 10.2. The van der Waals surface area contributed by atoms with Crippen LogP contribution in [-0.2, 0) is 11.3 Å². The molecule has 1 aromatic rings. The van der Waals surface area contributed by atoms with Crippen LogP contribution in [0.4, 0.5) is 0 Å². The van der Waals surface area contributed by atoms with Crippen LogP contribution in [0.3, 0.4) is 0 Å². The van der Waals surface area contributed by atoms with Crippen LogP contribution in [0.1, 0.15) is 32.3 Å². The normalized spacial score (nSPS) is 17.3. The summed E-state index contributed by atoms with van der Waals surface area (Å²) in [5.41, 5.74) is 1.17. The number of nitrogens with one attached hydrogen (secondary N) is 3. The summed E-state index contributed by atoms with van der Waals surface area (Å²) in [5.74, 6) is 2.39. The Kier molecular flexibility index (Phi) is 9.05. The molecule has 1 amide bonds. The molecule has 29 heavy (non-hydrogen) atoms. The van der Waals surface area contributed by atoms with Gasteiger partial charge in [0.2, 0.25) is 5.91 Å². The molecule has 0 aliphatic carbocycles. The molecule has 0 radical (unpaired) electrons. The predicted octanol–water partition coefficient (Wildman–Crippen LogP) is 1.36. The zero-order valence-electron chi connectivity index (χ0n) is 18.2. The fourth-order valence-electron chi connectivity index (χ4n) is 3.39. The summed E-state index contributed by atoms with van der Waals surface area (Å²) in [7, 11) is 5.08. The van der Waals surface area contributed by atoms with Crippen molar-refractivity contribution in [2.24, 2.45) is 4.99 Å². The van der Waals surface area contributed by atoms with Crippen molar-refractivity contribution in [1.82, 2.24) is 20.9 Å². The van der Waals surface area contributed by atoms with E-state index in [-0.39, 0.29) is 11.9 Å². The lowest BCUT2D eigenvalue weighted by Gasteiger charge is -2.19. The van der Waals surface area contributed by atoms with E-state index < -0.39 is 0 Å². The van der Waals surface area contributed by atoms with Crippen molar-refractivity contribution in [2.45, 2.75) is 45.3 Å². The van der Waals surface area contributed by atoms with Gasteiger partial charge in [0.25, 0.3) is 0 Å². The maximum Gasteiger partial charge on any atom is 0.221 e. The molecule has 0 bridgehead atoms. The van der Waals surface area contributed by atoms with Gasteiger partial charge in [-0.2, -0.15) is 0 Å². The first-order valence-electron chi connectivity index (χ1n) is 10.1. The van der Waals surface area contributed by atoms with Crippen LogP contribution < -0.4 is 25.4 Å². The SMILES string of the molecule is CN=C(NCCC(=O)NC(C)C)NC1CCN(Cc2cc(OC)cc(OC)c2)C1. The van der Waals surface area contributed by atoms with Gasteiger partial charge in [-0.25, -0.2) is 0 Å². The third kappa shape index (κ3) is 7.81. The van der Waals surface area contributed by atoms with Gasteiger partial charge in [-0.05, 0) is 38.0 Å². The largest absolute Gasteiger partial charge is 0.497 e. The van der Waals surface area contributed by atoms with Crippen molar-refractivity contribution in [1.29, 1.82) is 0 Å². The van der Waals surface area contributed by atoms with E-state index in [2.05, 4.69) is 25.8 Å². The Morgan fingerprint density at radius 1 is 1.24 bits per heavy atom. The third-order valence-electron chi connectivity index (χ3n) is 4.75. The molecule has 1 aliphatic heterocycles. The molecule has 1 heterocycles. The average Bonchev–Trinajstić information content (AvgIpc) is 3.12. The Morgan fingerprint density at radius 3 is 2.52 bits per heavy atom. The molecule has 1 saturated heterocycles. The van der Waals surface area contributed by atoms with Gasteiger partial charge in [0.15, 0.2) is 5.96 Å². The number of guanidine groups is 1. The van der Waals surface area contributed by atoms with Crippen LogP contribution in [0.15, 0.2) is 23.2 Å². The molecule has 0 saturated carbocycles. The maximum absolute atomic E-state index is 11.7. The summed E-state index contributed by atoms with van der Waals surface area (Å²) >= 11 is 0. The second-order valence-corrected chi connectivity index (χ2v) is 7.56. The number of hydrogen-bond acceptors (Lipinski definition) is 5.